The largest absolute Gasteiger partial charge is 2.00 e. The molecule has 1 radical (unpaired) electrons. The number of aromatic nitrogens is 3. The summed E-state index contributed by atoms with van der Waals surface area (Å²) in [4.78, 5) is 38.4. The van der Waals surface area contributed by atoms with Gasteiger partial charge in [-0.15, -0.1) is 0 Å². The smallest absolute Gasteiger partial charge is 0.356 e. The topological polar surface area (TPSA) is 181 Å². The zero-order valence-electron chi connectivity index (χ0n) is 23.9. The van der Waals surface area contributed by atoms with E-state index in [4.69, 9.17) is 45.6 Å². The van der Waals surface area contributed by atoms with E-state index < -0.39 is 10.2 Å². The van der Waals surface area contributed by atoms with Gasteiger partial charge < -0.3 is 30.6 Å². The van der Waals surface area contributed by atoms with E-state index in [1.54, 1.807) is 0 Å². The first kappa shape index (κ1) is 36.3. The van der Waals surface area contributed by atoms with Crippen LogP contribution in [0.5, 0.6) is 0 Å². The average molecular weight is 628 g/mol. The first-order valence-electron chi connectivity index (χ1n) is 13.1. The van der Waals surface area contributed by atoms with Crippen molar-refractivity contribution in [1.29, 1.82) is 0 Å². The Labute approximate surface area is 255 Å². The molecule has 229 valence electrons. The third-order valence-electron chi connectivity index (χ3n) is 6.19. The van der Waals surface area contributed by atoms with Crippen LogP contribution in [0.1, 0.15) is 34.2 Å². The summed E-state index contributed by atoms with van der Waals surface area (Å²) >= 11 is 0. The van der Waals surface area contributed by atoms with Gasteiger partial charge in [-0.3, -0.25) is 29.7 Å². The van der Waals surface area contributed by atoms with Gasteiger partial charge in [0.05, 0.1) is 27.3 Å². The van der Waals surface area contributed by atoms with E-state index in [2.05, 4.69) is 90.1 Å². The van der Waals surface area contributed by atoms with Gasteiger partial charge in [0.1, 0.15) is 0 Å². The van der Waals surface area contributed by atoms with Crippen LogP contribution in [0.2, 0.25) is 0 Å². The van der Waals surface area contributed by atoms with Crippen molar-refractivity contribution in [2.45, 2.75) is 40.4 Å². The summed E-state index contributed by atoms with van der Waals surface area (Å²) in [5.74, 6) is 0. The van der Waals surface area contributed by atoms with Crippen LogP contribution in [-0.4, -0.2) is 79.1 Å². The number of nitrogens with zero attached hydrogens (tertiary/aromatic N) is 8. The van der Waals surface area contributed by atoms with Crippen molar-refractivity contribution in [3.05, 3.63) is 119 Å². The minimum absolute atomic E-state index is 0. The molecule has 0 atom stereocenters. The molecule has 1 aliphatic heterocycles. The maximum Gasteiger partial charge on any atom is 2.00 e. The summed E-state index contributed by atoms with van der Waals surface area (Å²) in [6, 6.07) is 18.9. The van der Waals surface area contributed by atoms with Crippen LogP contribution in [-0.2, 0) is 36.4 Å². The normalized spacial score (nSPS) is 14.4. The van der Waals surface area contributed by atoms with Crippen molar-refractivity contribution in [3.63, 3.8) is 0 Å². The van der Waals surface area contributed by atoms with Gasteiger partial charge in [-0.1, -0.05) is 18.2 Å². The Morgan fingerprint density at radius 3 is 0.952 bits per heavy atom. The van der Waals surface area contributed by atoms with Gasteiger partial charge in [0, 0.05) is 76.0 Å². The quantitative estimate of drug-likeness (QED) is 0.288. The molecule has 3 aromatic rings. The molecule has 0 spiro atoms. The number of hydrogen-bond acceptors (Lipinski definition) is 12. The number of hydrogen-bond donors (Lipinski definition) is 0. The molecule has 15 heteroatoms. The van der Waals surface area contributed by atoms with Crippen LogP contribution in [0.15, 0.2) is 54.6 Å². The molecule has 1 saturated heterocycles. The predicted octanol–water partition coefficient (Wildman–Crippen LogP) is 3.14. The zero-order valence-corrected chi connectivity index (χ0v) is 25.0. The molecule has 0 saturated carbocycles. The predicted molar refractivity (Wildman–Crippen MR) is 153 cm³/mol. The Kier molecular flexibility index (Phi) is 16.7. The monoisotopic (exact) mass is 627 g/mol. The molecular weight excluding hydrogens is 591 g/mol. The van der Waals surface area contributed by atoms with Gasteiger partial charge in [0.15, 0.2) is 0 Å². The van der Waals surface area contributed by atoms with Crippen LogP contribution >= 0.6 is 0 Å². The molecule has 3 aromatic heterocycles. The summed E-state index contributed by atoms with van der Waals surface area (Å²) in [5.41, 5.74) is 6.68. The average Bonchev–Trinajstić information content (AvgIpc) is 2.95. The van der Waals surface area contributed by atoms with Crippen LogP contribution in [0.3, 0.4) is 0 Å². The summed E-state index contributed by atoms with van der Waals surface area (Å²) in [6.07, 6.45) is 0. The second-order valence-electron chi connectivity index (χ2n) is 9.59. The number of aryl methyl sites for hydroxylation is 3. The third kappa shape index (κ3) is 15.9. The van der Waals surface area contributed by atoms with E-state index >= 15 is 0 Å². The summed E-state index contributed by atoms with van der Waals surface area (Å²) < 4.78 is 0. The Bertz CT molecular complexity index is 1090. The Morgan fingerprint density at radius 2 is 0.762 bits per heavy atom. The molecule has 0 N–H and O–H groups in total. The molecular formula is C27H36CoN8O6. The van der Waals surface area contributed by atoms with E-state index in [1.165, 1.54) is 0 Å². The second kappa shape index (κ2) is 19.4. The molecule has 1 fully saturated rings. The summed E-state index contributed by atoms with van der Waals surface area (Å²) in [5, 5.41) is 29.5. The molecule has 0 bridgehead atoms. The van der Waals surface area contributed by atoms with Gasteiger partial charge in [0.2, 0.25) is 0 Å². The summed E-state index contributed by atoms with van der Waals surface area (Å²) in [6.45, 7) is 15.0. The molecule has 4 heterocycles. The fourth-order valence-corrected chi connectivity index (χ4v) is 4.41. The Hall–Kier alpha value is -3.76. The van der Waals surface area contributed by atoms with Crippen LogP contribution in [0.4, 0.5) is 0 Å². The van der Waals surface area contributed by atoms with Crippen molar-refractivity contribution in [2.75, 3.05) is 39.3 Å². The van der Waals surface area contributed by atoms with Crippen LogP contribution < -0.4 is 0 Å². The third-order valence-corrected chi connectivity index (χ3v) is 6.19. The van der Waals surface area contributed by atoms with Crippen molar-refractivity contribution in [2.24, 2.45) is 0 Å². The molecule has 0 aromatic carbocycles. The molecule has 0 unspecified atom stereocenters. The van der Waals surface area contributed by atoms with E-state index in [-0.39, 0.29) is 16.8 Å². The van der Waals surface area contributed by atoms with E-state index in [9.17, 15) is 0 Å². The molecule has 4 rings (SSSR count). The number of pyridine rings is 3. The number of rotatable bonds is 6. The van der Waals surface area contributed by atoms with Crippen LogP contribution in [0.25, 0.3) is 0 Å². The van der Waals surface area contributed by atoms with Crippen molar-refractivity contribution in [1.82, 2.24) is 29.7 Å². The molecule has 42 heavy (non-hydrogen) atoms. The molecule has 0 aliphatic carbocycles. The van der Waals surface area contributed by atoms with E-state index in [1.807, 2.05) is 0 Å². The van der Waals surface area contributed by atoms with E-state index in [0.717, 1.165) is 93.1 Å². The van der Waals surface area contributed by atoms with Gasteiger partial charge in [-0.05, 0) is 57.2 Å². The van der Waals surface area contributed by atoms with Crippen LogP contribution in [0, 0.1) is 51.4 Å². The van der Waals surface area contributed by atoms with Gasteiger partial charge >= 0.3 is 16.8 Å². The zero-order chi connectivity index (χ0) is 30.2. The maximum absolute atomic E-state index is 8.25. The first-order valence-corrected chi connectivity index (χ1v) is 13.1. The van der Waals surface area contributed by atoms with Gasteiger partial charge in [-0.2, -0.15) is 0 Å². The van der Waals surface area contributed by atoms with E-state index in [0.29, 0.717) is 0 Å². The molecule has 0 amide bonds. The Balaban J connectivity index is 0.000000873. The van der Waals surface area contributed by atoms with Crippen molar-refractivity contribution >= 4 is 0 Å². The molecule has 14 nitrogen and oxygen atoms in total. The Morgan fingerprint density at radius 1 is 0.548 bits per heavy atom. The van der Waals surface area contributed by atoms with Crippen molar-refractivity contribution in [3.8, 4) is 0 Å². The first-order chi connectivity index (χ1) is 19.5. The standard InChI is InChI=1S/C27H36N6.Co.2NO3/c1-22-7-4-10-25(28-22)19-31-13-15-32(20-26-11-5-8-23(2)29-26)17-18-33(16-14-31)21-27-12-6-9-24(3)30-27;;2*2-1(3)4/h4-12H,13-21H2,1-3H3;;;/q;+2;2*-1. The van der Waals surface area contributed by atoms with Crippen molar-refractivity contribution < 1.29 is 27.0 Å². The molecule has 1 aliphatic rings. The van der Waals surface area contributed by atoms with Gasteiger partial charge in [0.25, 0.3) is 0 Å². The second-order valence-corrected chi connectivity index (χ2v) is 9.59. The minimum Gasteiger partial charge on any atom is -0.356 e. The fraction of sp³-hybridized carbons (Fsp3) is 0.444. The van der Waals surface area contributed by atoms with Gasteiger partial charge in [-0.25, -0.2) is 0 Å². The summed E-state index contributed by atoms with van der Waals surface area (Å²) in [7, 11) is 0. The fourth-order valence-electron chi connectivity index (χ4n) is 4.41. The SMILES string of the molecule is Cc1cccc(CN2CCN(Cc3cccc(C)n3)CCN(Cc3cccc(C)n3)CC2)n1.O=[N+]([O-])[O-].O=[N+]([O-])[O-].[Co+2]. The maximum atomic E-state index is 8.25. The minimum atomic E-state index is -1.75.